The monoisotopic (exact) mass is 406 g/mol. The fraction of sp³-hybridized carbons (Fsp3) is 0.348. The lowest BCUT2D eigenvalue weighted by molar-refractivity contribution is -0.133. The lowest BCUT2D eigenvalue weighted by Crippen LogP contribution is -2.34. The Morgan fingerprint density at radius 2 is 1.83 bits per heavy atom. The van der Waals surface area contributed by atoms with Gasteiger partial charge in [-0.3, -0.25) is 4.79 Å². The molecule has 1 fully saturated rings. The molecule has 3 aromatic rings. The van der Waals surface area contributed by atoms with Gasteiger partial charge >= 0.3 is 0 Å². The number of nitrogens with zero attached hydrogens (tertiary/aromatic N) is 4. The highest BCUT2D eigenvalue weighted by molar-refractivity contribution is 5.77. The van der Waals surface area contributed by atoms with Crippen molar-refractivity contribution in [3.63, 3.8) is 0 Å². The van der Waals surface area contributed by atoms with E-state index in [9.17, 15) is 4.79 Å². The van der Waals surface area contributed by atoms with Gasteiger partial charge in [-0.1, -0.05) is 18.6 Å². The summed E-state index contributed by atoms with van der Waals surface area (Å²) in [5.41, 5.74) is 1.86. The van der Waals surface area contributed by atoms with E-state index in [0.717, 1.165) is 47.7 Å². The normalized spacial score (nSPS) is 16.9. The fourth-order valence-corrected chi connectivity index (χ4v) is 4.13. The SMILES string of the molecule is COc1cccc(OC)c1C1CCCCC(=O)N1Cc1cccnc1-n1cccn1. The summed E-state index contributed by atoms with van der Waals surface area (Å²) in [6.45, 7) is 0.438. The molecule has 1 aliphatic rings. The molecule has 156 valence electrons. The molecule has 7 heteroatoms. The minimum Gasteiger partial charge on any atom is -0.496 e. The van der Waals surface area contributed by atoms with Crippen molar-refractivity contribution in [1.82, 2.24) is 19.7 Å². The third-order valence-corrected chi connectivity index (χ3v) is 5.54. The zero-order chi connectivity index (χ0) is 20.9. The van der Waals surface area contributed by atoms with Crippen molar-refractivity contribution in [2.24, 2.45) is 0 Å². The van der Waals surface area contributed by atoms with E-state index >= 15 is 0 Å². The summed E-state index contributed by atoms with van der Waals surface area (Å²) in [7, 11) is 3.30. The highest BCUT2D eigenvalue weighted by atomic mass is 16.5. The number of benzene rings is 1. The molecule has 1 amide bonds. The average molecular weight is 406 g/mol. The van der Waals surface area contributed by atoms with Gasteiger partial charge in [-0.05, 0) is 37.1 Å². The molecular formula is C23H26N4O3. The van der Waals surface area contributed by atoms with Crippen molar-refractivity contribution in [3.05, 3.63) is 66.1 Å². The average Bonchev–Trinajstić information content (AvgIpc) is 3.26. The van der Waals surface area contributed by atoms with Crippen molar-refractivity contribution < 1.29 is 14.3 Å². The van der Waals surface area contributed by atoms with E-state index in [0.29, 0.717) is 13.0 Å². The Kier molecular flexibility index (Phi) is 5.97. The van der Waals surface area contributed by atoms with Crippen LogP contribution in [0.5, 0.6) is 11.5 Å². The second-order valence-electron chi connectivity index (χ2n) is 7.30. The Morgan fingerprint density at radius 3 is 2.53 bits per heavy atom. The molecule has 1 aliphatic heterocycles. The minimum absolute atomic E-state index is 0.126. The van der Waals surface area contributed by atoms with Crippen molar-refractivity contribution in [2.45, 2.75) is 38.3 Å². The molecule has 0 bridgehead atoms. The molecule has 1 unspecified atom stereocenters. The van der Waals surface area contributed by atoms with Crippen LogP contribution >= 0.6 is 0 Å². The first-order chi connectivity index (χ1) is 14.7. The number of methoxy groups -OCH3 is 2. The summed E-state index contributed by atoms with van der Waals surface area (Å²) in [6.07, 6.45) is 8.54. The number of ether oxygens (including phenoxy) is 2. The highest BCUT2D eigenvalue weighted by Gasteiger charge is 2.32. The minimum atomic E-state index is -0.142. The highest BCUT2D eigenvalue weighted by Crippen LogP contribution is 2.42. The van der Waals surface area contributed by atoms with Crippen molar-refractivity contribution in [3.8, 4) is 17.3 Å². The number of likely N-dealkylation sites (tertiary alicyclic amines) is 1. The largest absolute Gasteiger partial charge is 0.496 e. The van der Waals surface area contributed by atoms with Gasteiger partial charge in [-0.2, -0.15) is 5.10 Å². The summed E-state index contributed by atoms with van der Waals surface area (Å²) in [5.74, 6) is 2.32. The first kappa shape index (κ1) is 19.9. The van der Waals surface area contributed by atoms with E-state index in [1.807, 2.05) is 47.5 Å². The van der Waals surface area contributed by atoms with Crippen LogP contribution in [0.1, 0.15) is 42.9 Å². The number of aromatic nitrogens is 3. The molecule has 1 aromatic carbocycles. The van der Waals surface area contributed by atoms with Gasteiger partial charge in [0.05, 0.1) is 25.8 Å². The first-order valence-electron chi connectivity index (χ1n) is 10.2. The molecule has 0 saturated carbocycles. The third kappa shape index (κ3) is 3.87. The van der Waals surface area contributed by atoms with E-state index in [-0.39, 0.29) is 11.9 Å². The fourth-order valence-electron chi connectivity index (χ4n) is 4.13. The predicted octanol–water partition coefficient (Wildman–Crippen LogP) is 3.93. The van der Waals surface area contributed by atoms with Gasteiger partial charge in [0.2, 0.25) is 5.91 Å². The number of hydrogen-bond acceptors (Lipinski definition) is 5. The maximum Gasteiger partial charge on any atom is 0.223 e. The molecule has 1 atom stereocenters. The maximum absolute atomic E-state index is 13.2. The zero-order valence-electron chi connectivity index (χ0n) is 17.3. The summed E-state index contributed by atoms with van der Waals surface area (Å²) >= 11 is 0. The molecule has 1 saturated heterocycles. The molecular weight excluding hydrogens is 380 g/mol. The number of pyridine rings is 1. The van der Waals surface area contributed by atoms with Crippen LogP contribution in [0, 0.1) is 0 Å². The van der Waals surface area contributed by atoms with Crippen LogP contribution in [0.2, 0.25) is 0 Å². The van der Waals surface area contributed by atoms with Gasteiger partial charge in [0.1, 0.15) is 11.5 Å². The molecule has 7 nitrogen and oxygen atoms in total. The van der Waals surface area contributed by atoms with Crippen LogP contribution in [0.15, 0.2) is 55.0 Å². The first-order valence-corrected chi connectivity index (χ1v) is 10.2. The molecule has 3 heterocycles. The molecule has 2 aromatic heterocycles. The summed E-state index contributed by atoms with van der Waals surface area (Å²) < 4.78 is 13.0. The summed E-state index contributed by atoms with van der Waals surface area (Å²) in [6, 6.07) is 11.4. The quantitative estimate of drug-likeness (QED) is 0.620. The second kappa shape index (κ2) is 8.98. The number of hydrogen-bond donors (Lipinski definition) is 0. The van der Waals surface area contributed by atoms with Crippen LogP contribution in [0.4, 0.5) is 0 Å². The molecule has 30 heavy (non-hydrogen) atoms. The van der Waals surface area contributed by atoms with Crippen molar-refractivity contribution in [2.75, 3.05) is 14.2 Å². The molecule has 0 N–H and O–H groups in total. The van der Waals surface area contributed by atoms with E-state index in [2.05, 4.69) is 10.1 Å². The third-order valence-electron chi connectivity index (χ3n) is 5.54. The number of carbonyl (C=O) groups is 1. The lowest BCUT2D eigenvalue weighted by atomic mass is 9.98. The van der Waals surface area contributed by atoms with E-state index in [1.54, 1.807) is 31.3 Å². The van der Waals surface area contributed by atoms with Gasteiger partial charge in [0, 0.05) is 37.1 Å². The standard InChI is InChI=1S/C23H26N4O3/c1-29-19-10-5-11-20(30-2)22(19)18-9-3-4-12-21(28)26(18)16-17-8-6-13-24-23(17)27-15-7-14-25-27/h5-8,10-11,13-15,18H,3-4,9,12,16H2,1-2H3. The Bertz CT molecular complexity index is 981. The van der Waals surface area contributed by atoms with Crippen LogP contribution < -0.4 is 9.47 Å². The lowest BCUT2D eigenvalue weighted by Gasteiger charge is -2.32. The molecule has 4 rings (SSSR count). The topological polar surface area (TPSA) is 69.5 Å². The van der Waals surface area contributed by atoms with Crippen LogP contribution in [0.25, 0.3) is 5.82 Å². The number of carbonyl (C=O) groups excluding carboxylic acids is 1. The second-order valence-corrected chi connectivity index (χ2v) is 7.30. The Labute approximate surface area is 176 Å². The van der Waals surface area contributed by atoms with Gasteiger partial charge in [0.15, 0.2) is 5.82 Å². The predicted molar refractivity (Wildman–Crippen MR) is 113 cm³/mol. The summed E-state index contributed by atoms with van der Waals surface area (Å²) in [4.78, 5) is 19.7. The van der Waals surface area contributed by atoms with Crippen LogP contribution in [-0.4, -0.2) is 39.8 Å². The van der Waals surface area contributed by atoms with E-state index < -0.39 is 0 Å². The Balaban J connectivity index is 1.77. The molecule has 0 spiro atoms. The number of rotatable bonds is 6. The van der Waals surface area contributed by atoms with Crippen molar-refractivity contribution >= 4 is 5.91 Å². The van der Waals surface area contributed by atoms with Gasteiger partial charge in [-0.25, -0.2) is 9.67 Å². The maximum atomic E-state index is 13.2. The van der Waals surface area contributed by atoms with Crippen molar-refractivity contribution in [1.29, 1.82) is 0 Å². The van der Waals surface area contributed by atoms with E-state index in [4.69, 9.17) is 9.47 Å². The van der Waals surface area contributed by atoms with Gasteiger partial charge in [0.25, 0.3) is 0 Å². The molecule has 0 aliphatic carbocycles. The van der Waals surface area contributed by atoms with Crippen LogP contribution in [0.3, 0.4) is 0 Å². The van der Waals surface area contributed by atoms with Crippen LogP contribution in [-0.2, 0) is 11.3 Å². The van der Waals surface area contributed by atoms with E-state index in [1.165, 1.54) is 0 Å². The zero-order valence-corrected chi connectivity index (χ0v) is 17.3. The molecule has 0 radical (unpaired) electrons. The smallest absolute Gasteiger partial charge is 0.223 e. The number of amides is 1. The Hall–Kier alpha value is -3.35. The van der Waals surface area contributed by atoms with Gasteiger partial charge < -0.3 is 14.4 Å². The summed E-state index contributed by atoms with van der Waals surface area (Å²) in [5, 5.41) is 4.32. The Morgan fingerprint density at radius 1 is 1.03 bits per heavy atom. The van der Waals surface area contributed by atoms with Gasteiger partial charge in [-0.15, -0.1) is 0 Å².